The molecule has 21 heavy (non-hydrogen) atoms. The fourth-order valence-electron chi connectivity index (χ4n) is 2.51. The lowest BCUT2D eigenvalue weighted by atomic mass is 10.0. The van der Waals surface area contributed by atoms with E-state index in [2.05, 4.69) is 33.8 Å². The van der Waals surface area contributed by atoms with Crippen molar-refractivity contribution >= 4 is 16.5 Å². The largest absolute Gasteiger partial charge is 0.489 e. The number of hydrogen-bond acceptors (Lipinski definition) is 5. The van der Waals surface area contributed by atoms with Crippen molar-refractivity contribution in [3.8, 4) is 5.75 Å². The molecule has 0 saturated carbocycles. The molecule has 0 bridgehead atoms. The number of aromatic nitrogens is 1. The molecule has 3 rings (SSSR count). The zero-order valence-electron chi connectivity index (χ0n) is 12.0. The maximum Gasteiger partial charge on any atom is 0.182 e. The number of aryl methyl sites for hydroxylation is 1. The molecule has 1 aromatic carbocycles. The number of hydrogen-bond donors (Lipinski definition) is 2. The molecule has 0 fully saturated rings. The van der Waals surface area contributed by atoms with E-state index in [1.807, 2.05) is 17.6 Å². The standard InChI is InChI=1S/C16H21N3OS/c1-2-5-15-13(4-1)6-7-14(20-15)12-17-8-3-9-18-16-19-10-11-21-16/h1-2,4-5,10-11,14,17H,3,6-9,12H2,(H,18,19). The SMILES string of the molecule is c1ccc2c(c1)CCC(CNCCCNc1nccs1)O2. The summed E-state index contributed by atoms with van der Waals surface area (Å²) in [4.78, 5) is 4.20. The molecule has 0 aliphatic carbocycles. The van der Waals surface area contributed by atoms with Crippen molar-refractivity contribution in [1.82, 2.24) is 10.3 Å². The van der Waals surface area contributed by atoms with E-state index >= 15 is 0 Å². The van der Waals surface area contributed by atoms with Gasteiger partial charge in [0.2, 0.25) is 0 Å². The summed E-state index contributed by atoms with van der Waals surface area (Å²) < 4.78 is 6.01. The quantitative estimate of drug-likeness (QED) is 0.772. The molecule has 0 spiro atoms. The predicted octanol–water partition coefficient (Wildman–Crippen LogP) is 2.93. The third kappa shape index (κ3) is 4.19. The Morgan fingerprint density at radius 1 is 1.29 bits per heavy atom. The van der Waals surface area contributed by atoms with Crippen molar-refractivity contribution in [2.24, 2.45) is 0 Å². The number of rotatable bonds is 7. The number of benzene rings is 1. The van der Waals surface area contributed by atoms with Crippen LogP contribution >= 0.6 is 11.3 Å². The summed E-state index contributed by atoms with van der Waals surface area (Å²) in [5, 5.41) is 9.78. The lowest BCUT2D eigenvalue weighted by Gasteiger charge is -2.26. The molecule has 0 saturated heterocycles. The first-order valence-corrected chi connectivity index (χ1v) is 8.38. The van der Waals surface area contributed by atoms with Gasteiger partial charge < -0.3 is 15.4 Å². The van der Waals surface area contributed by atoms with Crippen LogP contribution in [-0.4, -0.2) is 30.7 Å². The summed E-state index contributed by atoms with van der Waals surface area (Å²) in [5.74, 6) is 1.06. The second kappa shape index (κ2) is 7.43. The van der Waals surface area contributed by atoms with Crippen LogP contribution in [0.4, 0.5) is 5.13 Å². The topological polar surface area (TPSA) is 46.2 Å². The lowest BCUT2D eigenvalue weighted by Crippen LogP contribution is -2.35. The van der Waals surface area contributed by atoms with Crippen molar-refractivity contribution < 1.29 is 4.74 Å². The second-order valence-electron chi connectivity index (χ2n) is 5.21. The Kier molecular flexibility index (Phi) is 5.08. The van der Waals surface area contributed by atoms with Gasteiger partial charge in [-0.25, -0.2) is 4.98 Å². The van der Waals surface area contributed by atoms with Crippen molar-refractivity contribution in [3.63, 3.8) is 0 Å². The molecule has 2 heterocycles. The Bertz CT molecular complexity index is 544. The Balaban J connectivity index is 1.30. The molecule has 0 amide bonds. The summed E-state index contributed by atoms with van der Waals surface area (Å²) in [5.41, 5.74) is 1.33. The minimum atomic E-state index is 0.298. The molecular weight excluding hydrogens is 282 g/mol. The number of fused-ring (bicyclic) bond motifs is 1. The van der Waals surface area contributed by atoms with Crippen molar-refractivity contribution in [2.75, 3.05) is 25.0 Å². The molecule has 112 valence electrons. The average Bonchev–Trinajstić information content (AvgIpc) is 3.04. The Morgan fingerprint density at radius 2 is 2.24 bits per heavy atom. The van der Waals surface area contributed by atoms with Crippen LogP contribution in [0.3, 0.4) is 0 Å². The number of anilines is 1. The smallest absolute Gasteiger partial charge is 0.182 e. The predicted molar refractivity (Wildman–Crippen MR) is 87.3 cm³/mol. The van der Waals surface area contributed by atoms with Crippen LogP contribution in [0.2, 0.25) is 0 Å². The van der Waals surface area contributed by atoms with E-state index in [-0.39, 0.29) is 0 Å². The molecule has 4 nitrogen and oxygen atoms in total. The number of para-hydroxylation sites is 1. The molecule has 5 heteroatoms. The summed E-state index contributed by atoms with van der Waals surface area (Å²) >= 11 is 1.64. The number of nitrogens with zero attached hydrogens (tertiary/aromatic N) is 1. The van der Waals surface area contributed by atoms with Gasteiger partial charge in [-0.3, -0.25) is 0 Å². The zero-order valence-corrected chi connectivity index (χ0v) is 12.9. The average molecular weight is 303 g/mol. The third-order valence-electron chi connectivity index (χ3n) is 3.61. The van der Waals surface area contributed by atoms with Crippen LogP contribution in [0.1, 0.15) is 18.4 Å². The summed E-state index contributed by atoms with van der Waals surface area (Å²) in [6.07, 6.45) is 5.42. The minimum Gasteiger partial charge on any atom is -0.489 e. The fourth-order valence-corrected chi connectivity index (χ4v) is 3.06. The van der Waals surface area contributed by atoms with Crippen LogP contribution in [0.5, 0.6) is 5.75 Å². The van der Waals surface area contributed by atoms with Crippen LogP contribution in [0, 0.1) is 0 Å². The third-order valence-corrected chi connectivity index (χ3v) is 4.34. The first-order chi connectivity index (χ1) is 10.4. The Morgan fingerprint density at radius 3 is 3.14 bits per heavy atom. The highest BCUT2D eigenvalue weighted by molar-refractivity contribution is 7.13. The molecule has 1 aliphatic heterocycles. The molecule has 2 N–H and O–H groups in total. The van der Waals surface area contributed by atoms with Crippen molar-refractivity contribution in [1.29, 1.82) is 0 Å². The van der Waals surface area contributed by atoms with Crippen LogP contribution in [0.25, 0.3) is 0 Å². The highest BCUT2D eigenvalue weighted by Gasteiger charge is 2.18. The summed E-state index contributed by atoms with van der Waals surface area (Å²) in [7, 11) is 0. The molecule has 1 aromatic heterocycles. The molecular formula is C16H21N3OS. The summed E-state index contributed by atoms with van der Waals surface area (Å²) in [6, 6.07) is 8.35. The van der Waals surface area contributed by atoms with Gasteiger partial charge in [-0.1, -0.05) is 18.2 Å². The van der Waals surface area contributed by atoms with E-state index in [1.54, 1.807) is 11.3 Å². The van der Waals surface area contributed by atoms with E-state index in [1.165, 1.54) is 5.56 Å². The highest BCUT2D eigenvalue weighted by atomic mass is 32.1. The van der Waals surface area contributed by atoms with Gasteiger partial charge in [-0.15, -0.1) is 11.3 Å². The zero-order chi connectivity index (χ0) is 14.3. The van der Waals surface area contributed by atoms with Crippen molar-refractivity contribution in [3.05, 3.63) is 41.4 Å². The van der Waals surface area contributed by atoms with E-state index in [0.29, 0.717) is 6.10 Å². The molecule has 1 atom stereocenters. The number of thiazole rings is 1. The lowest BCUT2D eigenvalue weighted by molar-refractivity contribution is 0.171. The van der Waals surface area contributed by atoms with Crippen LogP contribution in [0.15, 0.2) is 35.8 Å². The van der Waals surface area contributed by atoms with Gasteiger partial charge in [0.05, 0.1) is 0 Å². The first kappa shape index (κ1) is 14.4. The van der Waals surface area contributed by atoms with Gasteiger partial charge in [-0.2, -0.15) is 0 Å². The van der Waals surface area contributed by atoms with Crippen molar-refractivity contribution in [2.45, 2.75) is 25.4 Å². The van der Waals surface area contributed by atoms with Gasteiger partial charge in [0.15, 0.2) is 5.13 Å². The molecule has 1 unspecified atom stereocenters. The van der Waals surface area contributed by atoms with E-state index in [4.69, 9.17) is 4.74 Å². The highest BCUT2D eigenvalue weighted by Crippen LogP contribution is 2.26. The van der Waals surface area contributed by atoms with Gasteiger partial charge in [0.1, 0.15) is 11.9 Å². The Hall–Kier alpha value is -1.59. The number of nitrogens with one attached hydrogen (secondary N) is 2. The molecule has 0 radical (unpaired) electrons. The normalized spacial score (nSPS) is 17.0. The van der Waals surface area contributed by atoms with E-state index in [0.717, 1.165) is 49.8 Å². The van der Waals surface area contributed by atoms with Gasteiger partial charge in [0, 0.05) is 24.7 Å². The summed E-state index contributed by atoms with van der Waals surface area (Å²) in [6.45, 7) is 2.88. The second-order valence-corrected chi connectivity index (χ2v) is 6.10. The fraction of sp³-hybridized carbons (Fsp3) is 0.438. The maximum absolute atomic E-state index is 6.01. The van der Waals surface area contributed by atoms with E-state index in [9.17, 15) is 0 Å². The maximum atomic E-state index is 6.01. The van der Waals surface area contributed by atoms with Gasteiger partial charge in [-0.05, 0) is 37.4 Å². The Labute approximate surface area is 129 Å². The van der Waals surface area contributed by atoms with Gasteiger partial charge in [0.25, 0.3) is 0 Å². The minimum absolute atomic E-state index is 0.298. The molecule has 1 aliphatic rings. The number of ether oxygens (including phenoxy) is 1. The van der Waals surface area contributed by atoms with Crippen LogP contribution in [-0.2, 0) is 6.42 Å². The first-order valence-electron chi connectivity index (χ1n) is 7.50. The van der Waals surface area contributed by atoms with Crippen LogP contribution < -0.4 is 15.4 Å². The van der Waals surface area contributed by atoms with E-state index < -0.39 is 0 Å². The monoisotopic (exact) mass is 303 g/mol. The van der Waals surface area contributed by atoms with Gasteiger partial charge >= 0.3 is 0 Å². The molecule has 2 aromatic rings.